The number of methoxy groups -OCH3 is 1. The number of aliphatic hydroxyl groups is 1. The first-order chi connectivity index (χ1) is 9.81. The summed E-state index contributed by atoms with van der Waals surface area (Å²) in [7, 11) is 1.29. The summed E-state index contributed by atoms with van der Waals surface area (Å²) in [5, 5.41) is 9.21. The molecule has 1 heterocycles. The van der Waals surface area contributed by atoms with Gasteiger partial charge in [0, 0.05) is 17.4 Å². The quantitative estimate of drug-likeness (QED) is 0.873. The maximum Gasteiger partial charge on any atom is 0.414 e. The number of hydrogen-bond acceptors (Lipinski definition) is 3. The fourth-order valence-corrected chi connectivity index (χ4v) is 2.79. The van der Waals surface area contributed by atoms with Crippen LogP contribution in [0.1, 0.15) is 24.0 Å². The molecule has 1 N–H and O–H groups in total. The maximum absolute atomic E-state index is 13.6. The minimum absolute atomic E-state index is 0.0577. The van der Waals surface area contributed by atoms with Gasteiger partial charge in [-0.05, 0) is 6.07 Å². The highest BCUT2D eigenvalue weighted by Gasteiger charge is 2.51. The highest BCUT2D eigenvalue weighted by Crippen LogP contribution is 2.45. The zero-order chi connectivity index (χ0) is 15.8. The van der Waals surface area contributed by atoms with E-state index in [1.165, 1.54) is 20.1 Å². The Bertz CT molecular complexity index is 516. The molecule has 3 unspecified atom stereocenters. The normalized spacial score (nSPS) is 26.1. The van der Waals surface area contributed by atoms with E-state index in [1.54, 1.807) is 0 Å². The third-order valence-electron chi connectivity index (χ3n) is 3.89. The van der Waals surface area contributed by atoms with E-state index in [0.717, 1.165) is 6.07 Å². The molecule has 0 radical (unpaired) electrons. The van der Waals surface area contributed by atoms with E-state index < -0.39 is 36.5 Å². The van der Waals surface area contributed by atoms with Gasteiger partial charge in [0.1, 0.15) is 11.6 Å². The first-order valence-electron chi connectivity index (χ1n) is 6.45. The summed E-state index contributed by atoms with van der Waals surface area (Å²) >= 11 is 0. The summed E-state index contributed by atoms with van der Waals surface area (Å²) in [5.74, 6) is -1.97. The van der Waals surface area contributed by atoms with Crippen molar-refractivity contribution in [3.05, 3.63) is 29.1 Å². The Kier molecular flexibility index (Phi) is 4.43. The average Bonchev–Trinajstić information content (AvgIpc) is 2.79. The number of halogens is 4. The van der Waals surface area contributed by atoms with Crippen molar-refractivity contribution in [1.29, 1.82) is 0 Å². The number of benzene rings is 1. The lowest BCUT2D eigenvalue weighted by Crippen LogP contribution is -2.33. The predicted molar refractivity (Wildman–Crippen MR) is 66.6 cm³/mol. The van der Waals surface area contributed by atoms with E-state index in [0.29, 0.717) is 5.56 Å². The number of hydrogen-bond donors (Lipinski definition) is 1. The highest BCUT2D eigenvalue weighted by atomic mass is 19.4. The van der Waals surface area contributed by atoms with Crippen molar-refractivity contribution < 1.29 is 32.1 Å². The minimum Gasteiger partial charge on any atom is -0.496 e. The molecule has 1 aliphatic heterocycles. The molecule has 3 atom stereocenters. The monoisotopic (exact) mass is 308 g/mol. The lowest BCUT2D eigenvalue weighted by Gasteiger charge is -2.23. The van der Waals surface area contributed by atoms with Crippen molar-refractivity contribution in [3.8, 4) is 5.75 Å². The Morgan fingerprint density at radius 3 is 2.52 bits per heavy atom. The van der Waals surface area contributed by atoms with Gasteiger partial charge in [0.2, 0.25) is 0 Å². The lowest BCUT2D eigenvalue weighted by molar-refractivity contribution is -0.215. The summed E-state index contributed by atoms with van der Waals surface area (Å²) in [4.78, 5) is 0. The number of aliphatic hydroxyl groups excluding tert-OH is 1. The van der Waals surface area contributed by atoms with Gasteiger partial charge in [-0.25, -0.2) is 4.39 Å². The molecule has 21 heavy (non-hydrogen) atoms. The van der Waals surface area contributed by atoms with Gasteiger partial charge in [-0.15, -0.1) is 0 Å². The van der Waals surface area contributed by atoms with Crippen LogP contribution in [-0.4, -0.2) is 31.1 Å². The molecule has 0 spiro atoms. The fourth-order valence-electron chi connectivity index (χ4n) is 2.79. The van der Waals surface area contributed by atoms with Crippen LogP contribution in [0.5, 0.6) is 5.75 Å². The second-order valence-electron chi connectivity index (χ2n) is 5.07. The van der Waals surface area contributed by atoms with Crippen LogP contribution in [0.25, 0.3) is 0 Å². The molecular weight excluding hydrogens is 292 g/mol. The molecule has 0 saturated carbocycles. The molecule has 118 valence electrons. The number of alkyl halides is 3. The van der Waals surface area contributed by atoms with Crippen molar-refractivity contribution in [2.75, 3.05) is 13.7 Å². The summed E-state index contributed by atoms with van der Waals surface area (Å²) in [6.45, 7) is 0.725. The van der Waals surface area contributed by atoms with Gasteiger partial charge < -0.3 is 14.6 Å². The van der Waals surface area contributed by atoms with Crippen LogP contribution in [0.3, 0.4) is 0 Å². The first kappa shape index (κ1) is 16.0. The van der Waals surface area contributed by atoms with Gasteiger partial charge in [0.25, 0.3) is 0 Å². The van der Waals surface area contributed by atoms with Crippen LogP contribution < -0.4 is 4.74 Å². The van der Waals surface area contributed by atoms with E-state index >= 15 is 0 Å². The van der Waals surface area contributed by atoms with Gasteiger partial charge in [-0.1, -0.05) is 13.0 Å². The second-order valence-corrected chi connectivity index (χ2v) is 5.07. The standard InChI is InChI=1S/C14H16F4O3/c1-7-10(6-21-13(7)14(16,17)18)8-3-4-11(15)9(5-19)12(8)20-2/h3-4,7,10,13,19H,5-6H2,1-2H3. The number of ether oxygens (including phenoxy) is 2. The lowest BCUT2D eigenvalue weighted by atomic mass is 9.85. The van der Waals surface area contributed by atoms with Crippen LogP contribution in [0.4, 0.5) is 17.6 Å². The molecule has 0 aromatic heterocycles. The SMILES string of the molecule is COc1c(C2COC(C(F)(F)F)C2C)ccc(F)c1CO. The number of rotatable bonds is 3. The summed E-state index contributed by atoms with van der Waals surface area (Å²) in [6.07, 6.45) is -6.30. The second kappa shape index (κ2) is 5.81. The van der Waals surface area contributed by atoms with E-state index in [9.17, 15) is 22.7 Å². The third kappa shape index (κ3) is 2.85. The van der Waals surface area contributed by atoms with Gasteiger partial charge in [-0.2, -0.15) is 13.2 Å². The van der Waals surface area contributed by atoms with Crippen LogP contribution in [-0.2, 0) is 11.3 Å². The maximum atomic E-state index is 13.6. The van der Waals surface area contributed by atoms with Crippen molar-refractivity contribution in [3.63, 3.8) is 0 Å². The Labute approximate surface area is 119 Å². The fraction of sp³-hybridized carbons (Fsp3) is 0.571. The van der Waals surface area contributed by atoms with E-state index in [1.807, 2.05) is 0 Å². The summed E-state index contributed by atoms with van der Waals surface area (Å²) in [5.41, 5.74) is 0.361. The third-order valence-corrected chi connectivity index (χ3v) is 3.89. The molecule has 3 nitrogen and oxygen atoms in total. The van der Waals surface area contributed by atoms with Crippen LogP contribution in [0, 0.1) is 11.7 Å². The Hall–Kier alpha value is -1.34. The summed E-state index contributed by atoms with van der Waals surface area (Å²) < 4.78 is 62.1. The van der Waals surface area contributed by atoms with Gasteiger partial charge in [0.05, 0.1) is 25.9 Å². The molecule has 1 aliphatic rings. The smallest absolute Gasteiger partial charge is 0.414 e. The van der Waals surface area contributed by atoms with Crippen molar-refractivity contribution in [2.24, 2.45) is 5.92 Å². The Morgan fingerprint density at radius 2 is 2.05 bits per heavy atom. The van der Waals surface area contributed by atoms with Gasteiger partial charge in [-0.3, -0.25) is 0 Å². The van der Waals surface area contributed by atoms with Crippen molar-refractivity contribution in [1.82, 2.24) is 0 Å². The molecule has 1 aromatic carbocycles. The highest BCUT2D eigenvalue weighted by molar-refractivity contribution is 5.45. The van der Waals surface area contributed by atoms with Crippen LogP contribution in [0.15, 0.2) is 12.1 Å². The zero-order valence-corrected chi connectivity index (χ0v) is 11.6. The zero-order valence-electron chi connectivity index (χ0n) is 11.6. The topological polar surface area (TPSA) is 38.7 Å². The average molecular weight is 308 g/mol. The van der Waals surface area contributed by atoms with E-state index in [2.05, 4.69) is 0 Å². The van der Waals surface area contributed by atoms with E-state index in [4.69, 9.17) is 9.47 Å². The molecule has 0 amide bonds. The van der Waals surface area contributed by atoms with Gasteiger partial charge >= 0.3 is 6.18 Å². The molecule has 7 heteroatoms. The first-order valence-corrected chi connectivity index (χ1v) is 6.45. The van der Waals surface area contributed by atoms with Crippen molar-refractivity contribution >= 4 is 0 Å². The van der Waals surface area contributed by atoms with Crippen LogP contribution in [0.2, 0.25) is 0 Å². The Morgan fingerprint density at radius 1 is 1.38 bits per heavy atom. The molecule has 1 saturated heterocycles. The van der Waals surface area contributed by atoms with Crippen molar-refractivity contribution in [2.45, 2.75) is 31.7 Å². The van der Waals surface area contributed by atoms with Gasteiger partial charge in [0.15, 0.2) is 6.10 Å². The molecule has 1 aromatic rings. The predicted octanol–water partition coefficient (Wildman–Crippen LogP) is 3.01. The molecular formula is C14H16F4O3. The summed E-state index contributed by atoms with van der Waals surface area (Å²) in [6, 6.07) is 2.51. The van der Waals surface area contributed by atoms with E-state index in [-0.39, 0.29) is 17.9 Å². The largest absolute Gasteiger partial charge is 0.496 e. The molecule has 0 aliphatic carbocycles. The molecule has 1 fully saturated rings. The molecule has 0 bridgehead atoms. The molecule has 2 rings (SSSR count). The van der Waals surface area contributed by atoms with Crippen LogP contribution >= 0.6 is 0 Å². The Balaban J connectivity index is 2.40. The minimum atomic E-state index is -4.44.